The number of rotatable bonds is 3. The number of aryl methyl sites for hydroxylation is 1. The summed E-state index contributed by atoms with van der Waals surface area (Å²) in [6.07, 6.45) is 1.50. The molecule has 8 nitrogen and oxygen atoms in total. The van der Waals surface area contributed by atoms with Crippen LogP contribution in [0.2, 0.25) is 0 Å². The lowest BCUT2D eigenvalue weighted by molar-refractivity contribution is -0.422. The molecule has 0 amide bonds. The average molecular weight is 236 g/mol. The van der Waals surface area contributed by atoms with Crippen LogP contribution in [0.15, 0.2) is 18.5 Å². The zero-order valence-corrected chi connectivity index (χ0v) is 8.86. The van der Waals surface area contributed by atoms with Gasteiger partial charge in [-0.15, -0.1) is 0 Å². The number of nitro benzene ring substituents is 2. The fourth-order valence-corrected chi connectivity index (χ4v) is 1.63. The van der Waals surface area contributed by atoms with Crippen LogP contribution in [-0.2, 0) is 6.54 Å². The van der Waals surface area contributed by atoms with E-state index in [1.54, 1.807) is 4.57 Å². The largest absolute Gasteiger partial charge is 0.348 e. The molecule has 0 N–H and O–H groups in total. The highest BCUT2D eigenvalue weighted by Crippen LogP contribution is 2.31. The molecule has 0 bridgehead atoms. The Labute approximate surface area is 94.8 Å². The molecule has 0 saturated carbocycles. The Morgan fingerprint density at radius 1 is 1.24 bits per heavy atom. The number of hydrogen-bond acceptors (Lipinski definition) is 5. The fraction of sp³-hybridized carbons (Fsp3) is 0.222. The standard InChI is InChI=1S/C9H8N4O4/c1-2-11-5-10-6-3-8(12(14)15)9(13(16)17)4-7(6)11/h3-5H,2H2,1H3. The van der Waals surface area contributed by atoms with Crippen LogP contribution in [0.5, 0.6) is 0 Å². The molecule has 0 atom stereocenters. The van der Waals surface area contributed by atoms with E-state index in [0.717, 1.165) is 6.07 Å². The van der Waals surface area contributed by atoms with Crippen LogP contribution < -0.4 is 0 Å². The summed E-state index contributed by atoms with van der Waals surface area (Å²) in [6, 6.07) is 2.31. The monoisotopic (exact) mass is 236 g/mol. The van der Waals surface area contributed by atoms with Crippen molar-refractivity contribution < 1.29 is 9.85 Å². The lowest BCUT2D eigenvalue weighted by Crippen LogP contribution is -1.98. The van der Waals surface area contributed by atoms with Gasteiger partial charge in [0.1, 0.15) is 0 Å². The quantitative estimate of drug-likeness (QED) is 0.597. The lowest BCUT2D eigenvalue weighted by atomic mass is 10.2. The summed E-state index contributed by atoms with van der Waals surface area (Å²) < 4.78 is 1.69. The first-order chi connectivity index (χ1) is 8.04. The van der Waals surface area contributed by atoms with E-state index in [-0.39, 0.29) is 0 Å². The minimum absolute atomic E-state index is 0.379. The number of benzene rings is 1. The number of aromatic nitrogens is 2. The van der Waals surface area contributed by atoms with Crippen molar-refractivity contribution in [3.8, 4) is 0 Å². The van der Waals surface area contributed by atoms with Gasteiger partial charge in [-0.3, -0.25) is 20.2 Å². The normalized spacial score (nSPS) is 10.6. The number of hydrogen-bond donors (Lipinski definition) is 0. The first-order valence-corrected chi connectivity index (χ1v) is 4.82. The van der Waals surface area contributed by atoms with E-state index in [0.29, 0.717) is 17.6 Å². The van der Waals surface area contributed by atoms with Gasteiger partial charge in [-0.2, -0.15) is 0 Å². The number of nitro groups is 2. The van der Waals surface area contributed by atoms with Gasteiger partial charge in [-0.1, -0.05) is 0 Å². The molecule has 17 heavy (non-hydrogen) atoms. The zero-order chi connectivity index (χ0) is 12.6. The minimum Gasteiger partial charge on any atom is -0.331 e. The third-order valence-electron chi connectivity index (χ3n) is 2.45. The summed E-state index contributed by atoms with van der Waals surface area (Å²) in [5, 5.41) is 21.5. The van der Waals surface area contributed by atoms with Gasteiger partial charge >= 0.3 is 11.4 Å². The second-order valence-electron chi connectivity index (χ2n) is 3.37. The number of fused-ring (bicyclic) bond motifs is 1. The van der Waals surface area contributed by atoms with Crippen LogP contribution in [-0.4, -0.2) is 19.4 Å². The third kappa shape index (κ3) is 1.69. The first kappa shape index (κ1) is 11.0. The van der Waals surface area contributed by atoms with E-state index in [2.05, 4.69) is 4.98 Å². The highest BCUT2D eigenvalue weighted by molar-refractivity contribution is 5.82. The molecule has 1 aromatic heterocycles. The second kappa shape index (κ2) is 3.81. The van der Waals surface area contributed by atoms with Crippen molar-refractivity contribution in [2.45, 2.75) is 13.5 Å². The summed E-state index contributed by atoms with van der Waals surface area (Å²) in [7, 11) is 0. The van der Waals surface area contributed by atoms with Gasteiger partial charge in [-0.25, -0.2) is 4.98 Å². The Bertz CT molecular complexity index is 619. The molecular weight excluding hydrogens is 228 g/mol. The number of imidazole rings is 1. The van der Waals surface area contributed by atoms with Crippen molar-refractivity contribution in [3.63, 3.8) is 0 Å². The maximum Gasteiger partial charge on any atom is 0.348 e. The van der Waals surface area contributed by atoms with Crippen LogP contribution >= 0.6 is 0 Å². The van der Waals surface area contributed by atoms with E-state index >= 15 is 0 Å². The van der Waals surface area contributed by atoms with Gasteiger partial charge in [0.15, 0.2) is 0 Å². The van der Waals surface area contributed by atoms with E-state index in [1.807, 2.05) is 6.92 Å². The van der Waals surface area contributed by atoms with Crippen molar-refractivity contribution >= 4 is 22.4 Å². The maximum absolute atomic E-state index is 10.8. The van der Waals surface area contributed by atoms with Crippen LogP contribution in [0.1, 0.15) is 6.92 Å². The second-order valence-corrected chi connectivity index (χ2v) is 3.37. The van der Waals surface area contributed by atoms with Crippen molar-refractivity contribution in [2.24, 2.45) is 0 Å². The van der Waals surface area contributed by atoms with Crippen molar-refractivity contribution in [2.75, 3.05) is 0 Å². The molecule has 0 radical (unpaired) electrons. The van der Waals surface area contributed by atoms with Gasteiger partial charge in [-0.05, 0) is 6.92 Å². The highest BCUT2D eigenvalue weighted by Gasteiger charge is 2.26. The molecular formula is C9H8N4O4. The SMILES string of the molecule is CCn1cnc2cc([N+](=O)[O-])c([N+](=O)[O-])cc21. The molecule has 0 saturated heterocycles. The maximum atomic E-state index is 10.8. The molecule has 8 heteroatoms. The lowest BCUT2D eigenvalue weighted by Gasteiger charge is -1.99. The van der Waals surface area contributed by atoms with Crippen molar-refractivity contribution in [3.05, 3.63) is 38.7 Å². The molecule has 0 fully saturated rings. The summed E-state index contributed by atoms with van der Waals surface area (Å²) in [5.74, 6) is 0. The summed E-state index contributed by atoms with van der Waals surface area (Å²) in [4.78, 5) is 23.9. The zero-order valence-electron chi connectivity index (χ0n) is 8.86. The third-order valence-corrected chi connectivity index (χ3v) is 2.45. The Morgan fingerprint density at radius 2 is 1.82 bits per heavy atom. The van der Waals surface area contributed by atoms with Crippen LogP contribution in [0.3, 0.4) is 0 Å². The minimum atomic E-state index is -0.775. The molecule has 0 aliphatic heterocycles. The van der Waals surface area contributed by atoms with Gasteiger partial charge < -0.3 is 4.57 Å². The summed E-state index contributed by atoms with van der Waals surface area (Å²) >= 11 is 0. The fourth-order valence-electron chi connectivity index (χ4n) is 1.63. The molecule has 0 unspecified atom stereocenters. The Hall–Kier alpha value is -2.51. The number of nitrogens with zero attached hydrogens (tertiary/aromatic N) is 4. The average Bonchev–Trinajstić information content (AvgIpc) is 2.68. The topological polar surface area (TPSA) is 104 Å². The molecule has 2 aromatic rings. The van der Waals surface area contributed by atoms with E-state index in [4.69, 9.17) is 0 Å². The Kier molecular flexibility index (Phi) is 2.47. The summed E-state index contributed by atoms with van der Waals surface area (Å²) in [5.41, 5.74) is -0.157. The van der Waals surface area contributed by atoms with E-state index in [1.165, 1.54) is 12.4 Å². The molecule has 1 aromatic carbocycles. The molecule has 2 rings (SSSR count). The highest BCUT2D eigenvalue weighted by atomic mass is 16.6. The predicted molar refractivity (Wildman–Crippen MR) is 58.7 cm³/mol. The smallest absolute Gasteiger partial charge is 0.331 e. The molecule has 0 aliphatic rings. The van der Waals surface area contributed by atoms with Crippen LogP contribution in [0.25, 0.3) is 11.0 Å². The van der Waals surface area contributed by atoms with E-state index in [9.17, 15) is 20.2 Å². The molecule has 0 spiro atoms. The molecule has 0 aliphatic carbocycles. The van der Waals surface area contributed by atoms with Gasteiger partial charge in [0.25, 0.3) is 0 Å². The van der Waals surface area contributed by atoms with E-state index < -0.39 is 21.2 Å². The molecule has 88 valence electrons. The summed E-state index contributed by atoms with van der Waals surface area (Å²) in [6.45, 7) is 2.44. The predicted octanol–water partition coefficient (Wildman–Crippen LogP) is 1.87. The van der Waals surface area contributed by atoms with Gasteiger partial charge in [0.2, 0.25) is 0 Å². The van der Waals surface area contributed by atoms with Crippen LogP contribution in [0, 0.1) is 20.2 Å². The molecule has 1 heterocycles. The Balaban J connectivity index is 2.79. The van der Waals surface area contributed by atoms with Crippen molar-refractivity contribution in [1.29, 1.82) is 0 Å². The van der Waals surface area contributed by atoms with Crippen LogP contribution in [0.4, 0.5) is 11.4 Å². The Morgan fingerprint density at radius 3 is 2.35 bits per heavy atom. The van der Waals surface area contributed by atoms with Gasteiger partial charge in [0.05, 0.1) is 33.3 Å². The van der Waals surface area contributed by atoms with Crippen molar-refractivity contribution in [1.82, 2.24) is 9.55 Å². The first-order valence-electron chi connectivity index (χ1n) is 4.82. The van der Waals surface area contributed by atoms with Gasteiger partial charge in [0, 0.05) is 12.6 Å².